The quantitative estimate of drug-likeness (QED) is 0.667. The van der Waals surface area contributed by atoms with Crippen molar-refractivity contribution in [2.24, 2.45) is 11.7 Å². The summed E-state index contributed by atoms with van der Waals surface area (Å²) in [5, 5.41) is 0. The van der Waals surface area contributed by atoms with Gasteiger partial charge in [-0.1, -0.05) is 13.0 Å². The summed E-state index contributed by atoms with van der Waals surface area (Å²) in [6.07, 6.45) is 3.11. The smallest absolute Gasteiger partial charge is 0.305 e. The molecule has 5 heteroatoms. The predicted octanol–water partition coefficient (Wildman–Crippen LogP) is 3.08. The van der Waals surface area contributed by atoms with Crippen LogP contribution in [0.2, 0.25) is 0 Å². The molecule has 0 aliphatic heterocycles. The lowest BCUT2D eigenvalue weighted by Gasteiger charge is -2.17. The molecule has 0 unspecified atom stereocenters. The molecule has 1 aromatic carbocycles. The summed E-state index contributed by atoms with van der Waals surface area (Å²) in [5.74, 6) is 0.677. The van der Waals surface area contributed by atoms with Crippen molar-refractivity contribution in [1.29, 1.82) is 0 Å². The number of carbonyl (C=O) groups is 2. The normalized spacial score (nSPS) is 11.8. The van der Waals surface area contributed by atoms with Crippen LogP contribution in [0.1, 0.15) is 49.3 Å². The second kappa shape index (κ2) is 9.96. The molecule has 1 amide bonds. The van der Waals surface area contributed by atoms with Crippen LogP contribution in [-0.2, 0) is 20.7 Å². The highest BCUT2D eigenvalue weighted by Gasteiger charge is 2.11. The summed E-state index contributed by atoms with van der Waals surface area (Å²) in [7, 11) is 1.41. The third-order valence-electron chi connectivity index (χ3n) is 4.07. The zero-order chi connectivity index (χ0) is 18.1. The van der Waals surface area contributed by atoms with E-state index in [0.29, 0.717) is 19.4 Å². The van der Waals surface area contributed by atoms with Crippen molar-refractivity contribution >= 4 is 11.9 Å². The Labute approximate surface area is 144 Å². The van der Waals surface area contributed by atoms with Gasteiger partial charge in [0.15, 0.2) is 0 Å². The maximum atomic E-state index is 11.2. The second-order valence-corrected chi connectivity index (χ2v) is 6.40. The largest absolute Gasteiger partial charge is 0.493 e. The summed E-state index contributed by atoms with van der Waals surface area (Å²) >= 11 is 0. The van der Waals surface area contributed by atoms with E-state index in [2.05, 4.69) is 10.8 Å². The van der Waals surface area contributed by atoms with Gasteiger partial charge in [0.25, 0.3) is 0 Å². The lowest BCUT2D eigenvalue weighted by atomic mass is 9.99. The molecule has 0 aliphatic rings. The van der Waals surface area contributed by atoms with Crippen molar-refractivity contribution in [1.82, 2.24) is 0 Å². The van der Waals surface area contributed by atoms with Gasteiger partial charge in [0, 0.05) is 12.8 Å². The Bertz CT molecular complexity index is 569. The Morgan fingerprint density at radius 3 is 2.54 bits per heavy atom. The molecule has 0 aliphatic carbocycles. The Kier molecular flexibility index (Phi) is 8.30. The number of benzene rings is 1. The van der Waals surface area contributed by atoms with Gasteiger partial charge in [0.2, 0.25) is 5.91 Å². The number of hydrogen-bond donors (Lipinski definition) is 1. The highest BCUT2D eigenvalue weighted by Crippen LogP contribution is 2.26. The lowest BCUT2D eigenvalue weighted by molar-refractivity contribution is -0.140. The Morgan fingerprint density at radius 2 is 1.92 bits per heavy atom. The first-order chi connectivity index (χ1) is 11.3. The van der Waals surface area contributed by atoms with E-state index >= 15 is 0 Å². The Balaban J connectivity index is 2.64. The first-order valence-electron chi connectivity index (χ1n) is 8.41. The van der Waals surface area contributed by atoms with E-state index in [9.17, 15) is 9.59 Å². The van der Waals surface area contributed by atoms with Gasteiger partial charge >= 0.3 is 5.97 Å². The zero-order valence-corrected chi connectivity index (χ0v) is 15.2. The summed E-state index contributed by atoms with van der Waals surface area (Å²) < 4.78 is 10.6. The van der Waals surface area contributed by atoms with E-state index in [0.717, 1.165) is 36.1 Å². The van der Waals surface area contributed by atoms with Crippen molar-refractivity contribution < 1.29 is 19.1 Å². The van der Waals surface area contributed by atoms with Crippen molar-refractivity contribution in [3.63, 3.8) is 0 Å². The SMILES string of the molecule is COC(=O)CCCc1cc(C)cc(OC[C@@H](C)CCC(N)=O)c1C. The fourth-order valence-electron chi connectivity index (χ4n) is 2.54. The van der Waals surface area contributed by atoms with E-state index in [1.165, 1.54) is 12.7 Å². The summed E-state index contributed by atoms with van der Waals surface area (Å²) in [6.45, 7) is 6.67. The standard InChI is InChI=1S/C19H29NO4/c1-13(8-9-18(20)21)12-24-17-11-14(2)10-16(15(17)3)6-5-7-19(22)23-4/h10-11,13H,5-9,12H2,1-4H3,(H2,20,21)/t13-/m0/s1. The van der Waals surface area contributed by atoms with Crippen LogP contribution >= 0.6 is 0 Å². The van der Waals surface area contributed by atoms with Crippen molar-refractivity contribution in [2.45, 2.75) is 52.9 Å². The van der Waals surface area contributed by atoms with Gasteiger partial charge in [-0.2, -0.15) is 0 Å². The number of rotatable bonds is 10. The molecule has 0 spiro atoms. The van der Waals surface area contributed by atoms with Crippen molar-refractivity contribution in [3.8, 4) is 5.75 Å². The minimum absolute atomic E-state index is 0.181. The average Bonchev–Trinajstić information content (AvgIpc) is 2.53. The van der Waals surface area contributed by atoms with Gasteiger partial charge < -0.3 is 15.2 Å². The average molecular weight is 335 g/mol. The van der Waals surface area contributed by atoms with Crippen molar-refractivity contribution in [2.75, 3.05) is 13.7 Å². The maximum Gasteiger partial charge on any atom is 0.305 e. The van der Waals surface area contributed by atoms with Crippen LogP contribution in [0.25, 0.3) is 0 Å². The van der Waals surface area contributed by atoms with Crippen molar-refractivity contribution in [3.05, 3.63) is 28.8 Å². The highest BCUT2D eigenvalue weighted by atomic mass is 16.5. The molecule has 1 aromatic rings. The van der Waals surface area contributed by atoms with E-state index < -0.39 is 0 Å². The predicted molar refractivity (Wildman–Crippen MR) is 94.0 cm³/mol. The molecule has 0 saturated heterocycles. The summed E-state index contributed by atoms with van der Waals surface area (Å²) in [6, 6.07) is 4.16. The molecule has 0 aromatic heterocycles. The molecule has 0 heterocycles. The molecule has 134 valence electrons. The molecule has 1 rings (SSSR count). The number of nitrogens with two attached hydrogens (primary N) is 1. The second-order valence-electron chi connectivity index (χ2n) is 6.40. The van der Waals surface area contributed by atoms with Crippen LogP contribution in [-0.4, -0.2) is 25.6 Å². The molecule has 1 atom stereocenters. The fraction of sp³-hybridized carbons (Fsp3) is 0.579. The van der Waals surface area contributed by atoms with Gasteiger partial charge in [-0.05, 0) is 61.8 Å². The van der Waals surface area contributed by atoms with E-state index in [1.807, 2.05) is 26.8 Å². The van der Waals surface area contributed by atoms with Crippen LogP contribution in [0, 0.1) is 19.8 Å². The molecule has 0 radical (unpaired) electrons. The molecular formula is C19H29NO4. The maximum absolute atomic E-state index is 11.2. The highest BCUT2D eigenvalue weighted by molar-refractivity contribution is 5.73. The zero-order valence-electron chi connectivity index (χ0n) is 15.2. The number of primary amides is 1. The van der Waals surface area contributed by atoms with E-state index in [1.54, 1.807) is 0 Å². The van der Waals surface area contributed by atoms with E-state index in [4.69, 9.17) is 10.5 Å². The van der Waals surface area contributed by atoms with Gasteiger partial charge in [0.05, 0.1) is 13.7 Å². The van der Waals surface area contributed by atoms with Crippen LogP contribution < -0.4 is 10.5 Å². The molecule has 24 heavy (non-hydrogen) atoms. The fourth-order valence-corrected chi connectivity index (χ4v) is 2.54. The van der Waals surface area contributed by atoms with Crippen LogP contribution in [0.5, 0.6) is 5.75 Å². The first-order valence-corrected chi connectivity index (χ1v) is 8.41. The van der Waals surface area contributed by atoms with Gasteiger partial charge in [-0.15, -0.1) is 0 Å². The van der Waals surface area contributed by atoms with Crippen LogP contribution in [0.15, 0.2) is 12.1 Å². The van der Waals surface area contributed by atoms with Crippen LogP contribution in [0.3, 0.4) is 0 Å². The number of esters is 1. The lowest BCUT2D eigenvalue weighted by Crippen LogP contribution is -2.15. The topological polar surface area (TPSA) is 78.6 Å². The Morgan fingerprint density at radius 1 is 1.21 bits per heavy atom. The van der Waals surface area contributed by atoms with Crippen LogP contribution in [0.4, 0.5) is 0 Å². The monoisotopic (exact) mass is 335 g/mol. The van der Waals surface area contributed by atoms with Gasteiger partial charge in [0.1, 0.15) is 5.75 Å². The number of hydrogen-bond acceptors (Lipinski definition) is 4. The molecule has 0 saturated carbocycles. The molecule has 5 nitrogen and oxygen atoms in total. The molecule has 0 bridgehead atoms. The third kappa shape index (κ3) is 7.02. The van der Waals surface area contributed by atoms with Gasteiger partial charge in [-0.3, -0.25) is 9.59 Å². The molecule has 0 fully saturated rings. The van der Waals surface area contributed by atoms with Gasteiger partial charge in [-0.25, -0.2) is 0 Å². The minimum atomic E-state index is -0.276. The number of amides is 1. The number of carbonyl (C=O) groups excluding carboxylic acids is 2. The Hall–Kier alpha value is -2.04. The summed E-state index contributed by atoms with van der Waals surface area (Å²) in [5.41, 5.74) is 8.61. The third-order valence-corrected chi connectivity index (χ3v) is 4.07. The first kappa shape index (κ1) is 20.0. The number of ether oxygens (including phenoxy) is 2. The van der Waals surface area contributed by atoms with E-state index in [-0.39, 0.29) is 17.8 Å². The number of methoxy groups -OCH3 is 1. The summed E-state index contributed by atoms with van der Waals surface area (Å²) in [4.78, 5) is 22.1. The molecular weight excluding hydrogens is 306 g/mol. The molecule has 2 N–H and O–H groups in total. The number of aryl methyl sites for hydroxylation is 2. The minimum Gasteiger partial charge on any atom is -0.493 e.